The fraction of sp³-hybridized carbons (Fsp3) is 0.727. The summed E-state index contributed by atoms with van der Waals surface area (Å²) in [5, 5.41) is 8.50. The number of Topliss-reactive ketones (excluding diaryl/α,β-unsaturated/α-hetero) is 1. The van der Waals surface area contributed by atoms with Gasteiger partial charge in [-0.1, -0.05) is 0 Å². The molecule has 4 heteroatoms. The molecule has 1 rings (SSSR count). The van der Waals surface area contributed by atoms with Crippen LogP contribution < -0.4 is 0 Å². The Labute approximate surface area is 89.2 Å². The zero-order chi connectivity index (χ0) is 11.3. The summed E-state index contributed by atoms with van der Waals surface area (Å²) in [5.41, 5.74) is 0. The van der Waals surface area contributed by atoms with Crippen LogP contribution in [0.25, 0.3) is 0 Å². The van der Waals surface area contributed by atoms with Crippen LogP contribution in [-0.4, -0.2) is 18.4 Å². The van der Waals surface area contributed by atoms with E-state index in [0.717, 1.165) is 6.42 Å². The van der Waals surface area contributed by atoms with E-state index >= 15 is 0 Å². The highest BCUT2D eigenvalue weighted by molar-refractivity contribution is 5.89. The molecule has 1 aliphatic carbocycles. The van der Waals surface area contributed by atoms with E-state index in [1.807, 2.05) is 6.07 Å². The first-order valence-corrected chi connectivity index (χ1v) is 5.25. The van der Waals surface area contributed by atoms with Gasteiger partial charge < -0.3 is 4.74 Å². The summed E-state index contributed by atoms with van der Waals surface area (Å²) >= 11 is 0. The molecule has 0 amide bonds. The number of esters is 1. The van der Waals surface area contributed by atoms with Crippen molar-refractivity contribution in [2.75, 3.05) is 6.61 Å². The van der Waals surface area contributed by atoms with E-state index < -0.39 is 0 Å². The molecule has 4 nitrogen and oxygen atoms in total. The fourth-order valence-electron chi connectivity index (χ4n) is 1.96. The van der Waals surface area contributed by atoms with Gasteiger partial charge in [-0.05, 0) is 19.8 Å². The van der Waals surface area contributed by atoms with Crippen LogP contribution >= 0.6 is 0 Å². The summed E-state index contributed by atoms with van der Waals surface area (Å²) in [6, 6.07) is 2.00. The standard InChI is InChI=1S/C11H15NO3/c1-2-15-10(13)7-9-4-3-8(5-6-12)11(9)14/h8-9H,2-5,7H2,1H3. The van der Waals surface area contributed by atoms with Crippen LogP contribution in [0.2, 0.25) is 0 Å². The molecule has 1 saturated carbocycles. The molecule has 2 atom stereocenters. The number of ether oxygens (including phenoxy) is 1. The Morgan fingerprint density at radius 1 is 1.53 bits per heavy atom. The Hall–Kier alpha value is -1.37. The minimum Gasteiger partial charge on any atom is -0.466 e. The van der Waals surface area contributed by atoms with Crippen LogP contribution in [0.3, 0.4) is 0 Å². The van der Waals surface area contributed by atoms with Gasteiger partial charge in [0.2, 0.25) is 0 Å². The molecule has 0 aliphatic heterocycles. The minimum absolute atomic E-state index is 0.0598. The Balaban J connectivity index is 2.43. The maximum atomic E-state index is 11.7. The highest BCUT2D eigenvalue weighted by atomic mass is 16.5. The first-order chi connectivity index (χ1) is 7.19. The summed E-state index contributed by atoms with van der Waals surface area (Å²) in [4.78, 5) is 22.8. The van der Waals surface area contributed by atoms with Crippen molar-refractivity contribution in [3.8, 4) is 6.07 Å². The monoisotopic (exact) mass is 209 g/mol. The van der Waals surface area contributed by atoms with Crippen molar-refractivity contribution in [1.29, 1.82) is 5.26 Å². The molecular formula is C11H15NO3. The highest BCUT2D eigenvalue weighted by Crippen LogP contribution is 2.31. The first-order valence-electron chi connectivity index (χ1n) is 5.25. The SMILES string of the molecule is CCOC(=O)CC1CCC(CC#N)C1=O. The number of carbonyl (C=O) groups excluding carboxylic acids is 2. The van der Waals surface area contributed by atoms with E-state index in [1.54, 1.807) is 6.92 Å². The third-order valence-electron chi connectivity index (χ3n) is 2.72. The zero-order valence-electron chi connectivity index (χ0n) is 8.86. The van der Waals surface area contributed by atoms with Crippen LogP contribution in [0.1, 0.15) is 32.6 Å². The Bertz CT molecular complexity index is 293. The lowest BCUT2D eigenvalue weighted by Crippen LogP contribution is -2.18. The van der Waals surface area contributed by atoms with Gasteiger partial charge in [-0.3, -0.25) is 9.59 Å². The number of hydrogen-bond acceptors (Lipinski definition) is 4. The van der Waals surface area contributed by atoms with E-state index in [2.05, 4.69) is 0 Å². The molecule has 0 spiro atoms. The van der Waals surface area contributed by atoms with E-state index in [1.165, 1.54) is 0 Å². The molecule has 0 aromatic heterocycles. The molecule has 0 heterocycles. The quantitative estimate of drug-likeness (QED) is 0.657. The summed E-state index contributed by atoms with van der Waals surface area (Å²) in [7, 11) is 0. The normalized spacial score (nSPS) is 24.9. The number of nitriles is 1. The molecule has 0 bridgehead atoms. The lowest BCUT2D eigenvalue weighted by molar-refractivity contribution is -0.145. The highest BCUT2D eigenvalue weighted by Gasteiger charge is 2.35. The van der Waals surface area contributed by atoms with Crippen molar-refractivity contribution >= 4 is 11.8 Å². The fourth-order valence-corrected chi connectivity index (χ4v) is 1.96. The Morgan fingerprint density at radius 2 is 2.20 bits per heavy atom. The molecule has 2 unspecified atom stereocenters. The lowest BCUT2D eigenvalue weighted by Gasteiger charge is -2.07. The molecule has 15 heavy (non-hydrogen) atoms. The number of nitrogens with zero attached hydrogens (tertiary/aromatic N) is 1. The lowest BCUT2D eigenvalue weighted by atomic mass is 9.98. The van der Waals surface area contributed by atoms with Crippen molar-refractivity contribution in [1.82, 2.24) is 0 Å². The van der Waals surface area contributed by atoms with Gasteiger partial charge in [0.25, 0.3) is 0 Å². The summed E-state index contributed by atoms with van der Waals surface area (Å²) < 4.78 is 4.79. The van der Waals surface area contributed by atoms with E-state index in [-0.39, 0.29) is 36.4 Å². The van der Waals surface area contributed by atoms with Crippen LogP contribution in [0.5, 0.6) is 0 Å². The minimum atomic E-state index is -0.312. The predicted octanol–water partition coefficient (Wildman–Crippen LogP) is 1.45. The second-order valence-corrected chi connectivity index (χ2v) is 3.74. The Morgan fingerprint density at radius 3 is 2.80 bits per heavy atom. The molecule has 0 aromatic carbocycles. The van der Waals surface area contributed by atoms with Crippen molar-refractivity contribution in [3.05, 3.63) is 0 Å². The summed E-state index contributed by atoms with van der Waals surface area (Å²) in [6.45, 7) is 2.09. The van der Waals surface area contributed by atoms with Gasteiger partial charge in [0.1, 0.15) is 5.78 Å². The van der Waals surface area contributed by atoms with Gasteiger partial charge in [-0.2, -0.15) is 5.26 Å². The average molecular weight is 209 g/mol. The van der Waals surface area contributed by atoms with Gasteiger partial charge in [0.15, 0.2) is 0 Å². The van der Waals surface area contributed by atoms with Gasteiger partial charge >= 0.3 is 5.97 Å². The molecule has 82 valence electrons. The zero-order valence-corrected chi connectivity index (χ0v) is 8.86. The summed E-state index contributed by atoms with van der Waals surface area (Å²) in [6.07, 6.45) is 1.90. The topological polar surface area (TPSA) is 67.2 Å². The second kappa shape index (κ2) is 5.50. The molecule has 0 saturated heterocycles. The van der Waals surface area contributed by atoms with Crippen molar-refractivity contribution < 1.29 is 14.3 Å². The maximum absolute atomic E-state index is 11.7. The molecule has 0 aromatic rings. The maximum Gasteiger partial charge on any atom is 0.306 e. The van der Waals surface area contributed by atoms with Gasteiger partial charge in [-0.15, -0.1) is 0 Å². The average Bonchev–Trinajstić information content (AvgIpc) is 2.51. The number of rotatable bonds is 4. The van der Waals surface area contributed by atoms with E-state index in [4.69, 9.17) is 10.00 Å². The van der Waals surface area contributed by atoms with E-state index in [0.29, 0.717) is 13.0 Å². The third kappa shape index (κ3) is 3.05. The molecule has 1 aliphatic rings. The van der Waals surface area contributed by atoms with Crippen molar-refractivity contribution in [3.63, 3.8) is 0 Å². The second-order valence-electron chi connectivity index (χ2n) is 3.74. The van der Waals surface area contributed by atoms with Crippen LogP contribution in [-0.2, 0) is 14.3 Å². The molecule has 0 radical (unpaired) electrons. The van der Waals surface area contributed by atoms with Crippen LogP contribution in [0.15, 0.2) is 0 Å². The Kier molecular flexibility index (Phi) is 4.29. The molecule has 1 fully saturated rings. The van der Waals surface area contributed by atoms with Crippen molar-refractivity contribution in [2.24, 2.45) is 11.8 Å². The van der Waals surface area contributed by atoms with Gasteiger partial charge in [-0.25, -0.2) is 0 Å². The number of ketones is 1. The largest absolute Gasteiger partial charge is 0.466 e. The predicted molar refractivity (Wildman–Crippen MR) is 52.7 cm³/mol. The smallest absolute Gasteiger partial charge is 0.306 e. The van der Waals surface area contributed by atoms with Gasteiger partial charge in [0.05, 0.1) is 19.1 Å². The number of carbonyl (C=O) groups is 2. The molecule has 0 N–H and O–H groups in total. The number of hydrogen-bond donors (Lipinski definition) is 0. The molecular weight excluding hydrogens is 194 g/mol. The summed E-state index contributed by atoms with van der Waals surface area (Å²) in [5.74, 6) is -0.630. The van der Waals surface area contributed by atoms with Gasteiger partial charge in [0, 0.05) is 18.3 Å². The van der Waals surface area contributed by atoms with Crippen LogP contribution in [0, 0.1) is 23.2 Å². The third-order valence-corrected chi connectivity index (χ3v) is 2.72. The van der Waals surface area contributed by atoms with Crippen molar-refractivity contribution in [2.45, 2.75) is 32.6 Å². The first kappa shape index (κ1) is 11.7. The van der Waals surface area contributed by atoms with E-state index in [9.17, 15) is 9.59 Å². The van der Waals surface area contributed by atoms with Crippen LogP contribution in [0.4, 0.5) is 0 Å².